The summed E-state index contributed by atoms with van der Waals surface area (Å²) in [4.78, 5) is 0.198. The van der Waals surface area contributed by atoms with Gasteiger partial charge in [0.1, 0.15) is 0 Å². The lowest BCUT2D eigenvalue weighted by Crippen LogP contribution is -1.98. The van der Waals surface area contributed by atoms with Crippen LogP contribution in [-0.2, 0) is 10.0 Å². The molecular weight excluding hydrogens is 342 g/mol. The maximum absolute atomic E-state index is 12.6. The number of aryl methyl sites for hydroxylation is 1. The number of hydrogen-bond donors (Lipinski definition) is 0. The van der Waals surface area contributed by atoms with Crippen molar-refractivity contribution in [3.63, 3.8) is 0 Å². The lowest BCUT2D eigenvalue weighted by molar-refractivity contribution is 0.598. The largest absolute Gasteiger partial charge is 0.282 e. The average molecular weight is 359 g/mol. The van der Waals surface area contributed by atoms with Crippen molar-refractivity contribution < 1.29 is 8.42 Å². The van der Waals surface area contributed by atoms with Crippen LogP contribution in [-0.4, -0.2) is 14.6 Å². The van der Waals surface area contributed by atoms with Gasteiger partial charge in [-0.1, -0.05) is 66.2 Å². The molecule has 0 aromatic heterocycles. The molecule has 0 spiro atoms. The fourth-order valence-electron chi connectivity index (χ4n) is 3.08. The third-order valence-corrected chi connectivity index (χ3v) is 5.70. The molecule has 0 amide bonds. The van der Waals surface area contributed by atoms with Gasteiger partial charge in [0.25, 0.3) is 10.0 Å². The topological polar surface area (TPSA) is 46.5 Å². The minimum atomic E-state index is -3.74. The number of benzene rings is 4. The summed E-state index contributed by atoms with van der Waals surface area (Å²) in [5.74, 6) is 0. The van der Waals surface area contributed by atoms with Gasteiger partial charge in [-0.2, -0.15) is 12.8 Å². The van der Waals surface area contributed by atoms with Crippen molar-refractivity contribution in [2.24, 2.45) is 4.40 Å². The standard InChI is InChI=1S/C22H17NO2S/c1-16-10-12-19(13-11-16)26(24,25)23-15-22-20-8-4-2-6-17(20)14-18-7-3-5-9-21(18)22/h2-15H,1H3. The maximum Gasteiger partial charge on any atom is 0.282 e. The number of nitrogens with zero attached hydrogens (tertiary/aromatic N) is 1. The smallest absolute Gasteiger partial charge is 0.199 e. The molecule has 0 heterocycles. The second kappa shape index (κ2) is 6.39. The third-order valence-electron chi connectivity index (χ3n) is 4.45. The monoisotopic (exact) mass is 359 g/mol. The molecule has 0 atom stereocenters. The van der Waals surface area contributed by atoms with Gasteiger partial charge in [0.2, 0.25) is 0 Å². The predicted octanol–water partition coefficient (Wildman–Crippen LogP) is 5.11. The van der Waals surface area contributed by atoms with Crippen LogP contribution < -0.4 is 0 Å². The molecule has 26 heavy (non-hydrogen) atoms. The highest BCUT2D eigenvalue weighted by atomic mass is 32.2. The molecule has 4 aromatic rings. The lowest BCUT2D eigenvalue weighted by atomic mass is 9.97. The Balaban J connectivity index is 1.90. The van der Waals surface area contributed by atoms with Gasteiger partial charge in [0.05, 0.1) is 4.90 Å². The quantitative estimate of drug-likeness (QED) is 0.377. The second-order valence-electron chi connectivity index (χ2n) is 6.26. The van der Waals surface area contributed by atoms with Crippen molar-refractivity contribution in [1.82, 2.24) is 0 Å². The number of sulfonamides is 1. The third kappa shape index (κ3) is 3.00. The molecule has 3 nitrogen and oxygen atoms in total. The van der Waals surface area contributed by atoms with Crippen molar-refractivity contribution >= 4 is 37.8 Å². The molecule has 0 aliphatic heterocycles. The van der Waals surface area contributed by atoms with Gasteiger partial charge in [-0.15, -0.1) is 0 Å². The summed E-state index contributed by atoms with van der Waals surface area (Å²) in [5, 5.41) is 4.07. The van der Waals surface area contributed by atoms with Crippen LogP contribution in [0.15, 0.2) is 88.2 Å². The van der Waals surface area contributed by atoms with Crippen molar-refractivity contribution in [2.45, 2.75) is 11.8 Å². The lowest BCUT2D eigenvalue weighted by Gasteiger charge is -2.08. The summed E-state index contributed by atoms with van der Waals surface area (Å²) in [5.41, 5.74) is 1.82. The first kappa shape index (κ1) is 16.5. The SMILES string of the molecule is Cc1ccc(S(=O)(=O)N=Cc2c3ccccc3cc3ccccc23)cc1. The van der Waals surface area contributed by atoms with Crippen LogP contribution in [0.2, 0.25) is 0 Å². The van der Waals surface area contributed by atoms with Crippen LogP contribution in [0, 0.1) is 6.92 Å². The Morgan fingerprint density at radius 1 is 0.769 bits per heavy atom. The summed E-state index contributed by atoms with van der Waals surface area (Å²) >= 11 is 0. The first-order valence-electron chi connectivity index (χ1n) is 8.32. The molecule has 4 aromatic carbocycles. The van der Waals surface area contributed by atoms with Gasteiger partial charge in [-0.25, -0.2) is 0 Å². The highest BCUT2D eigenvalue weighted by Gasteiger charge is 2.12. The Kier molecular flexibility index (Phi) is 4.05. The zero-order valence-corrected chi connectivity index (χ0v) is 15.1. The first-order valence-corrected chi connectivity index (χ1v) is 9.76. The number of rotatable bonds is 3. The van der Waals surface area contributed by atoms with Crippen molar-refractivity contribution in [3.8, 4) is 0 Å². The normalized spacial score (nSPS) is 12.2. The Bertz CT molecular complexity index is 1190. The summed E-state index contributed by atoms with van der Waals surface area (Å²) in [6.45, 7) is 1.92. The van der Waals surface area contributed by atoms with E-state index in [4.69, 9.17) is 0 Å². The summed E-state index contributed by atoms with van der Waals surface area (Å²) in [7, 11) is -3.74. The summed E-state index contributed by atoms with van der Waals surface area (Å²) in [6, 6.07) is 24.7. The van der Waals surface area contributed by atoms with Crippen LogP contribution >= 0.6 is 0 Å². The molecule has 0 bridgehead atoms. The summed E-state index contributed by atoms with van der Waals surface area (Å²) in [6.07, 6.45) is 1.47. The molecule has 0 N–H and O–H groups in total. The maximum atomic E-state index is 12.6. The highest BCUT2D eigenvalue weighted by Crippen LogP contribution is 2.27. The molecule has 4 rings (SSSR count). The van der Waals surface area contributed by atoms with Crippen molar-refractivity contribution in [2.75, 3.05) is 0 Å². The first-order chi connectivity index (χ1) is 12.5. The van der Waals surface area contributed by atoms with Gasteiger partial charge in [-0.3, -0.25) is 0 Å². The van der Waals surface area contributed by atoms with Crippen LogP contribution in [0.25, 0.3) is 21.5 Å². The van der Waals surface area contributed by atoms with E-state index in [1.165, 1.54) is 6.21 Å². The van der Waals surface area contributed by atoms with E-state index in [-0.39, 0.29) is 4.90 Å². The molecule has 0 fully saturated rings. The number of fused-ring (bicyclic) bond motifs is 2. The zero-order valence-electron chi connectivity index (χ0n) is 14.3. The Hall–Kier alpha value is -2.98. The number of hydrogen-bond acceptors (Lipinski definition) is 2. The average Bonchev–Trinajstić information content (AvgIpc) is 2.65. The molecule has 0 unspecified atom stereocenters. The van der Waals surface area contributed by atoms with Crippen LogP contribution in [0.3, 0.4) is 0 Å². The minimum Gasteiger partial charge on any atom is -0.199 e. The van der Waals surface area contributed by atoms with Crippen molar-refractivity contribution in [1.29, 1.82) is 0 Å². The van der Waals surface area contributed by atoms with Gasteiger partial charge < -0.3 is 0 Å². The Labute approximate surface area is 152 Å². The van der Waals surface area contributed by atoms with E-state index in [1.54, 1.807) is 24.3 Å². The molecule has 0 aliphatic rings. The van der Waals surface area contributed by atoms with E-state index in [9.17, 15) is 8.42 Å². The summed E-state index contributed by atoms with van der Waals surface area (Å²) < 4.78 is 29.2. The minimum absolute atomic E-state index is 0.198. The molecule has 0 radical (unpaired) electrons. The zero-order chi connectivity index (χ0) is 18.1. The molecule has 0 saturated carbocycles. The predicted molar refractivity (Wildman–Crippen MR) is 107 cm³/mol. The molecule has 4 heteroatoms. The van der Waals surface area contributed by atoms with Gasteiger partial charge in [-0.05, 0) is 46.7 Å². The van der Waals surface area contributed by atoms with E-state index in [1.807, 2.05) is 55.5 Å². The van der Waals surface area contributed by atoms with Crippen LogP contribution in [0.5, 0.6) is 0 Å². The van der Waals surface area contributed by atoms with E-state index < -0.39 is 10.0 Å². The van der Waals surface area contributed by atoms with E-state index in [2.05, 4.69) is 10.5 Å². The van der Waals surface area contributed by atoms with E-state index >= 15 is 0 Å². The van der Waals surface area contributed by atoms with Gasteiger partial charge >= 0.3 is 0 Å². The Morgan fingerprint density at radius 3 is 1.88 bits per heavy atom. The Morgan fingerprint density at radius 2 is 1.31 bits per heavy atom. The van der Waals surface area contributed by atoms with Gasteiger partial charge in [0, 0.05) is 11.8 Å². The molecular formula is C22H17NO2S. The molecule has 128 valence electrons. The van der Waals surface area contributed by atoms with Crippen LogP contribution in [0.1, 0.15) is 11.1 Å². The fraction of sp³-hybridized carbons (Fsp3) is 0.0455. The molecule has 0 aliphatic carbocycles. The van der Waals surface area contributed by atoms with Crippen LogP contribution in [0.4, 0.5) is 0 Å². The van der Waals surface area contributed by atoms with Gasteiger partial charge in [0.15, 0.2) is 0 Å². The second-order valence-corrected chi connectivity index (χ2v) is 7.89. The van der Waals surface area contributed by atoms with E-state index in [0.717, 1.165) is 32.7 Å². The fourth-order valence-corrected chi connectivity index (χ4v) is 3.93. The molecule has 0 saturated heterocycles. The van der Waals surface area contributed by atoms with Crippen molar-refractivity contribution in [3.05, 3.63) is 90.0 Å². The van der Waals surface area contributed by atoms with E-state index in [0.29, 0.717) is 0 Å². The highest BCUT2D eigenvalue weighted by molar-refractivity contribution is 7.90.